The normalized spacial score (nSPS) is 14.1. The van der Waals surface area contributed by atoms with Crippen LogP contribution in [0.1, 0.15) is 32.3 Å². The van der Waals surface area contributed by atoms with Crippen molar-refractivity contribution in [2.45, 2.75) is 33.2 Å². The monoisotopic (exact) mass is 257 g/mol. The molecule has 3 rings (SSSR count). The molecule has 0 bridgehead atoms. The largest absolute Gasteiger partial charge is 0.355 e. The topological polar surface area (TPSA) is 21.1 Å². The Hall–Kier alpha value is -1.77. The van der Waals surface area contributed by atoms with E-state index in [1.54, 1.807) is 0 Å². The molecule has 1 aliphatic heterocycles. The van der Waals surface area contributed by atoms with Gasteiger partial charge < -0.3 is 4.90 Å². The SMILES string of the molecule is CC.c1ccc(Cn2ccc(N3CCCC3)n2)cc1. The highest BCUT2D eigenvalue weighted by atomic mass is 15.3. The lowest BCUT2D eigenvalue weighted by molar-refractivity contribution is 0.681. The van der Waals surface area contributed by atoms with Crippen molar-refractivity contribution in [1.82, 2.24) is 9.78 Å². The summed E-state index contributed by atoms with van der Waals surface area (Å²) in [5.74, 6) is 1.12. The van der Waals surface area contributed by atoms with Crippen LogP contribution in [0, 0.1) is 0 Å². The molecule has 1 aliphatic rings. The zero-order valence-corrected chi connectivity index (χ0v) is 11.9. The van der Waals surface area contributed by atoms with Crippen molar-refractivity contribution in [3.8, 4) is 0 Å². The maximum atomic E-state index is 4.63. The van der Waals surface area contributed by atoms with Crippen molar-refractivity contribution in [1.29, 1.82) is 0 Å². The first kappa shape index (κ1) is 13.7. The summed E-state index contributed by atoms with van der Waals surface area (Å²) in [6, 6.07) is 12.6. The molecule has 1 aromatic heterocycles. The van der Waals surface area contributed by atoms with Crippen LogP contribution in [0.2, 0.25) is 0 Å². The molecule has 19 heavy (non-hydrogen) atoms. The van der Waals surface area contributed by atoms with Crippen LogP contribution in [0.25, 0.3) is 0 Å². The fourth-order valence-electron chi connectivity index (χ4n) is 2.32. The third-order valence-electron chi connectivity index (χ3n) is 3.24. The van der Waals surface area contributed by atoms with Crippen LogP contribution >= 0.6 is 0 Å². The Bertz CT molecular complexity index is 470. The highest BCUT2D eigenvalue weighted by Gasteiger charge is 2.14. The summed E-state index contributed by atoms with van der Waals surface area (Å²) < 4.78 is 2.02. The van der Waals surface area contributed by atoms with Gasteiger partial charge in [-0.25, -0.2) is 0 Å². The summed E-state index contributed by atoms with van der Waals surface area (Å²) in [6.07, 6.45) is 4.66. The first-order chi connectivity index (χ1) is 9.42. The number of rotatable bonds is 3. The van der Waals surface area contributed by atoms with Gasteiger partial charge in [0.15, 0.2) is 5.82 Å². The van der Waals surface area contributed by atoms with Crippen molar-refractivity contribution in [2.75, 3.05) is 18.0 Å². The number of benzene rings is 1. The van der Waals surface area contributed by atoms with Crippen LogP contribution in [-0.2, 0) is 6.54 Å². The van der Waals surface area contributed by atoms with Gasteiger partial charge in [0, 0.05) is 25.4 Å². The van der Waals surface area contributed by atoms with Crippen molar-refractivity contribution < 1.29 is 0 Å². The van der Waals surface area contributed by atoms with Crippen LogP contribution in [0.5, 0.6) is 0 Å². The van der Waals surface area contributed by atoms with Crippen molar-refractivity contribution >= 4 is 5.82 Å². The first-order valence-electron chi connectivity index (χ1n) is 7.24. The lowest BCUT2D eigenvalue weighted by Gasteiger charge is -2.13. The molecule has 0 unspecified atom stereocenters. The molecule has 0 aliphatic carbocycles. The van der Waals surface area contributed by atoms with E-state index in [4.69, 9.17) is 0 Å². The predicted octanol–water partition coefficient (Wildman–Crippen LogP) is 3.56. The van der Waals surface area contributed by atoms with E-state index in [2.05, 4.69) is 46.5 Å². The molecule has 0 radical (unpaired) electrons. The summed E-state index contributed by atoms with van der Waals surface area (Å²) in [4.78, 5) is 2.36. The molecule has 0 spiro atoms. The van der Waals surface area contributed by atoms with Gasteiger partial charge in [-0.05, 0) is 18.4 Å². The summed E-state index contributed by atoms with van der Waals surface area (Å²) in [5.41, 5.74) is 1.29. The molecule has 3 heteroatoms. The van der Waals surface area contributed by atoms with E-state index in [0.717, 1.165) is 25.5 Å². The van der Waals surface area contributed by atoms with Gasteiger partial charge in [-0.3, -0.25) is 4.68 Å². The molecule has 1 fully saturated rings. The minimum absolute atomic E-state index is 0.856. The molecule has 0 saturated carbocycles. The second-order valence-corrected chi connectivity index (χ2v) is 4.55. The summed E-state index contributed by atoms with van der Waals surface area (Å²) in [6.45, 7) is 7.17. The van der Waals surface area contributed by atoms with Crippen LogP contribution in [0.3, 0.4) is 0 Å². The number of nitrogens with zero attached hydrogens (tertiary/aromatic N) is 3. The van der Waals surface area contributed by atoms with E-state index in [1.165, 1.54) is 18.4 Å². The van der Waals surface area contributed by atoms with Gasteiger partial charge in [0.25, 0.3) is 0 Å². The molecule has 2 aromatic rings. The molecular formula is C16H23N3. The Labute approximate surface area is 115 Å². The zero-order chi connectivity index (χ0) is 13.5. The highest BCUT2D eigenvalue weighted by Crippen LogP contribution is 2.17. The highest BCUT2D eigenvalue weighted by molar-refractivity contribution is 5.37. The molecule has 0 amide bonds. The lowest BCUT2D eigenvalue weighted by Crippen LogP contribution is -2.18. The summed E-state index contributed by atoms with van der Waals surface area (Å²) in [7, 11) is 0. The Morgan fingerprint density at radius 1 is 1.00 bits per heavy atom. The van der Waals surface area contributed by atoms with E-state index < -0.39 is 0 Å². The minimum Gasteiger partial charge on any atom is -0.355 e. The van der Waals surface area contributed by atoms with Crippen LogP contribution in [0.15, 0.2) is 42.6 Å². The molecule has 0 N–H and O–H groups in total. The second kappa shape index (κ2) is 6.98. The number of anilines is 1. The zero-order valence-electron chi connectivity index (χ0n) is 11.9. The number of aromatic nitrogens is 2. The van der Waals surface area contributed by atoms with E-state index in [0.29, 0.717) is 0 Å². The Kier molecular flexibility index (Phi) is 5.01. The van der Waals surface area contributed by atoms with Crippen molar-refractivity contribution in [2.24, 2.45) is 0 Å². The molecule has 1 aromatic carbocycles. The van der Waals surface area contributed by atoms with Gasteiger partial charge in [0.2, 0.25) is 0 Å². The van der Waals surface area contributed by atoms with Gasteiger partial charge in [0.1, 0.15) is 0 Å². The first-order valence-corrected chi connectivity index (χ1v) is 7.24. The van der Waals surface area contributed by atoms with E-state index >= 15 is 0 Å². The Morgan fingerprint density at radius 3 is 2.37 bits per heavy atom. The van der Waals surface area contributed by atoms with Crippen LogP contribution < -0.4 is 4.90 Å². The molecule has 2 heterocycles. The Morgan fingerprint density at radius 2 is 1.68 bits per heavy atom. The molecule has 102 valence electrons. The van der Waals surface area contributed by atoms with E-state index in [1.807, 2.05) is 24.6 Å². The van der Waals surface area contributed by atoms with Gasteiger partial charge in [-0.15, -0.1) is 0 Å². The van der Waals surface area contributed by atoms with E-state index in [-0.39, 0.29) is 0 Å². The standard InChI is InChI=1S/C14H17N3.C2H6/c1-2-6-13(7-3-1)12-17-11-8-14(15-17)16-9-4-5-10-16;1-2/h1-3,6-8,11H,4-5,9-10,12H2;1-2H3. The predicted molar refractivity (Wildman–Crippen MR) is 80.6 cm³/mol. The average Bonchev–Trinajstić information content (AvgIpc) is 3.13. The maximum Gasteiger partial charge on any atom is 0.150 e. The van der Waals surface area contributed by atoms with E-state index in [9.17, 15) is 0 Å². The second-order valence-electron chi connectivity index (χ2n) is 4.55. The Balaban J connectivity index is 0.000000637. The molecule has 3 nitrogen and oxygen atoms in total. The fraction of sp³-hybridized carbons (Fsp3) is 0.438. The van der Waals surface area contributed by atoms with Gasteiger partial charge >= 0.3 is 0 Å². The molecule has 0 atom stereocenters. The number of hydrogen-bond acceptors (Lipinski definition) is 2. The maximum absolute atomic E-state index is 4.63. The average molecular weight is 257 g/mol. The van der Waals surface area contributed by atoms with Crippen LogP contribution in [-0.4, -0.2) is 22.9 Å². The minimum atomic E-state index is 0.856. The quantitative estimate of drug-likeness (QED) is 0.838. The lowest BCUT2D eigenvalue weighted by atomic mass is 10.2. The molecular weight excluding hydrogens is 234 g/mol. The summed E-state index contributed by atoms with van der Waals surface area (Å²) in [5, 5.41) is 4.63. The van der Waals surface area contributed by atoms with Crippen molar-refractivity contribution in [3.05, 3.63) is 48.2 Å². The van der Waals surface area contributed by atoms with Gasteiger partial charge in [-0.1, -0.05) is 44.2 Å². The fourth-order valence-corrected chi connectivity index (χ4v) is 2.32. The smallest absolute Gasteiger partial charge is 0.150 e. The third kappa shape index (κ3) is 3.60. The van der Waals surface area contributed by atoms with Crippen LogP contribution in [0.4, 0.5) is 5.82 Å². The van der Waals surface area contributed by atoms with Gasteiger partial charge in [-0.2, -0.15) is 5.10 Å². The summed E-state index contributed by atoms with van der Waals surface area (Å²) >= 11 is 0. The molecule has 1 saturated heterocycles. The van der Waals surface area contributed by atoms with Crippen molar-refractivity contribution in [3.63, 3.8) is 0 Å². The van der Waals surface area contributed by atoms with Gasteiger partial charge in [0.05, 0.1) is 6.54 Å². The third-order valence-corrected chi connectivity index (χ3v) is 3.24. The number of hydrogen-bond donors (Lipinski definition) is 0.